The zero-order valence-corrected chi connectivity index (χ0v) is 19.8. The van der Waals surface area contributed by atoms with Crippen LogP contribution < -0.4 is 0 Å². The fourth-order valence-electron chi connectivity index (χ4n) is 3.99. The Hall–Kier alpha value is -1.30. The minimum atomic E-state index is -1.87. The molecule has 1 aromatic rings. The highest BCUT2D eigenvalue weighted by atomic mass is 35.5. The van der Waals surface area contributed by atoms with Crippen molar-refractivity contribution in [1.82, 2.24) is 0 Å². The Bertz CT molecular complexity index is 680. The minimum absolute atomic E-state index is 0.151. The van der Waals surface area contributed by atoms with Crippen LogP contribution in [0.15, 0.2) is 29.8 Å². The van der Waals surface area contributed by atoms with Gasteiger partial charge in [-0.15, -0.1) is 5.54 Å². The van der Waals surface area contributed by atoms with E-state index in [9.17, 15) is 4.79 Å². The third-order valence-electron chi connectivity index (χ3n) is 5.52. The van der Waals surface area contributed by atoms with Gasteiger partial charge in [0.25, 0.3) is 0 Å². The molecular formula is C24H35ClOSi. The second kappa shape index (κ2) is 10.9. The summed E-state index contributed by atoms with van der Waals surface area (Å²) < 4.78 is 0. The zero-order chi connectivity index (χ0) is 20.6. The number of benzene rings is 1. The second-order valence-corrected chi connectivity index (χ2v) is 14.3. The molecule has 0 aliphatic rings. The lowest BCUT2D eigenvalue weighted by atomic mass is 10.0. The van der Waals surface area contributed by atoms with Crippen molar-refractivity contribution in [2.45, 2.75) is 84.4 Å². The van der Waals surface area contributed by atoms with E-state index < -0.39 is 8.07 Å². The number of rotatable bonds is 8. The van der Waals surface area contributed by atoms with Gasteiger partial charge in [-0.1, -0.05) is 84.5 Å². The van der Waals surface area contributed by atoms with Gasteiger partial charge in [-0.3, -0.25) is 4.79 Å². The van der Waals surface area contributed by atoms with Crippen LogP contribution in [0.1, 0.15) is 73.3 Å². The molecule has 0 aliphatic heterocycles. The average Bonchev–Trinajstić information content (AvgIpc) is 2.59. The molecule has 0 heterocycles. The summed E-state index contributed by atoms with van der Waals surface area (Å²) in [6, 6.07) is 7.58. The summed E-state index contributed by atoms with van der Waals surface area (Å²) in [7, 11) is -1.87. The number of halogens is 1. The molecular weight excluding hydrogens is 368 g/mol. The van der Waals surface area contributed by atoms with Crippen molar-refractivity contribution in [2.24, 2.45) is 0 Å². The molecule has 148 valence electrons. The quantitative estimate of drug-likeness (QED) is 0.247. The fraction of sp³-hybridized carbons (Fsp3) is 0.542. The molecule has 1 rings (SSSR count). The summed E-state index contributed by atoms with van der Waals surface area (Å²) in [6.07, 6.45) is 4.40. The Morgan fingerprint density at radius 3 is 2.00 bits per heavy atom. The fourth-order valence-corrected chi connectivity index (χ4v) is 9.34. The highest BCUT2D eigenvalue weighted by molar-refractivity contribution is 6.90. The van der Waals surface area contributed by atoms with Crippen LogP contribution in [0.5, 0.6) is 0 Å². The van der Waals surface area contributed by atoms with Gasteiger partial charge in [0.2, 0.25) is 0 Å². The van der Waals surface area contributed by atoms with Crippen LogP contribution in [0.3, 0.4) is 0 Å². The Balaban J connectivity index is 3.42. The minimum Gasteiger partial charge on any atom is -0.293 e. The predicted octanol–water partition coefficient (Wildman–Crippen LogP) is 7.70. The molecule has 0 N–H and O–H groups in total. The zero-order valence-electron chi connectivity index (χ0n) is 18.0. The van der Waals surface area contributed by atoms with Crippen LogP contribution in [0.25, 0.3) is 6.08 Å². The summed E-state index contributed by atoms with van der Waals surface area (Å²) in [5.41, 5.74) is 6.96. The maximum absolute atomic E-state index is 12.8. The van der Waals surface area contributed by atoms with Crippen molar-refractivity contribution in [3.8, 4) is 11.5 Å². The summed E-state index contributed by atoms with van der Waals surface area (Å²) in [5, 5.41) is 0.697. The molecule has 0 radical (unpaired) electrons. The lowest BCUT2D eigenvalue weighted by Crippen LogP contribution is -2.43. The lowest BCUT2D eigenvalue weighted by molar-refractivity contribution is -0.115. The van der Waals surface area contributed by atoms with Crippen molar-refractivity contribution < 1.29 is 4.79 Å². The van der Waals surface area contributed by atoms with Gasteiger partial charge < -0.3 is 0 Å². The van der Waals surface area contributed by atoms with E-state index >= 15 is 0 Å². The third kappa shape index (κ3) is 6.37. The van der Waals surface area contributed by atoms with Gasteiger partial charge in [0, 0.05) is 11.4 Å². The molecule has 1 aromatic carbocycles. The molecule has 0 aliphatic carbocycles. The first-order valence-electron chi connectivity index (χ1n) is 10.2. The number of unbranched alkanes of at least 4 members (excludes halogenated alkanes) is 1. The number of carbonyl (C=O) groups is 1. The smallest absolute Gasteiger partial charge is 0.171 e. The largest absolute Gasteiger partial charge is 0.293 e. The number of Topliss-reactive ketones (excluding diaryl/α,β-unsaturated/α-hetero) is 1. The summed E-state index contributed by atoms with van der Waals surface area (Å²) >= 11 is 5.99. The molecule has 1 nitrogen and oxygen atoms in total. The Morgan fingerprint density at radius 1 is 1.04 bits per heavy atom. The van der Waals surface area contributed by atoms with Crippen molar-refractivity contribution in [3.05, 3.63) is 40.4 Å². The maximum Gasteiger partial charge on any atom is 0.171 e. The van der Waals surface area contributed by atoms with Gasteiger partial charge in [0.1, 0.15) is 8.07 Å². The van der Waals surface area contributed by atoms with E-state index in [0.717, 1.165) is 18.4 Å². The van der Waals surface area contributed by atoms with E-state index in [-0.39, 0.29) is 5.78 Å². The average molecular weight is 403 g/mol. The number of hydrogen-bond acceptors (Lipinski definition) is 1. The van der Waals surface area contributed by atoms with E-state index in [2.05, 4.69) is 59.9 Å². The van der Waals surface area contributed by atoms with Crippen LogP contribution in [0.2, 0.25) is 21.6 Å². The number of ketones is 1. The maximum atomic E-state index is 12.8. The van der Waals surface area contributed by atoms with Crippen LogP contribution in [-0.4, -0.2) is 13.9 Å². The first-order valence-corrected chi connectivity index (χ1v) is 12.8. The van der Waals surface area contributed by atoms with E-state index in [1.165, 1.54) is 0 Å². The first kappa shape index (κ1) is 23.7. The molecule has 0 fully saturated rings. The Kier molecular flexibility index (Phi) is 9.57. The van der Waals surface area contributed by atoms with E-state index in [1.54, 1.807) is 0 Å². The van der Waals surface area contributed by atoms with Crippen LogP contribution >= 0.6 is 11.6 Å². The number of hydrogen-bond donors (Lipinski definition) is 0. The highest BCUT2D eigenvalue weighted by Crippen LogP contribution is 2.40. The second-order valence-electron chi connectivity index (χ2n) is 8.28. The van der Waals surface area contributed by atoms with Crippen LogP contribution in [0.4, 0.5) is 0 Å². The molecule has 0 spiro atoms. The van der Waals surface area contributed by atoms with Gasteiger partial charge in [-0.25, -0.2) is 0 Å². The molecule has 0 saturated heterocycles. The molecule has 0 atom stereocenters. The van der Waals surface area contributed by atoms with Crippen LogP contribution in [-0.2, 0) is 4.79 Å². The van der Waals surface area contributed by atoms with Crippen LogP contribution in [0, 0.1) is 11.5 Å². The third-order valence-corrected chi connectivity index (χ3v) is 12.1. The summed E-state index contributed by atoms with van der Waals surface area (Å²) in [5.74, 6) is 3.52. The van der Waals surface area contributed by atoms with E-state index in [0.29, 0.717) is 33.6 Å². The van der Waals surface area contributed by atoms with Gasteiger partial charge in [-0.2, -0.15) is 0 Å². The van der Waals surface area contributed by atoms with Gasteiger partial charge in [0.15, 0.2) is 5.78 Å². The highest BCUT2D eigenvalue weighted by Gasteiger charge is 2.41. The lowest BCUT2D eigenvalue weighted by Gasteiger charge is -2.38. The SMILES string of the molecule is CCCCC(=O)/C(C#C[Si](C(C)C)(C(C)C)C(C)C)=C/c1ccc(Cl)cc1. The monoisotopic (exact) mass is 402 g/mol. The molecule has 0 unspecified atom stereocenters. The topological polar surface area (TPSA) is 17.1 Å². The van der Waals surface area contributed by atoms with Crippen molar-refractivity contribution >= 4 is 31.5 Å². The standard InChI is InChI=1S/C24H35ClOSi/c1-8-9-10-24(26)22(17-21-11-13-23(25)14-12-21)15-16-27(18(2)3,19(4)5)20(6)7/h11-14,17-20H,8-10H2,1-7H3/b22-17+. The molecule has 0 bridgehead atoms. The van der Waals surface area contributed by atoms with Gasteiger partial charge in [-0.05, 0) is 46.8 Å². The van der Waals surface area contributed by atoms with E-state index in [1.807, 2.05) is 30.3 Å². The van der Waals surface area contributed by atoms with E-state index in [4.69, 9.17) is 11.6 Å². The molecule has 0 saturated carbocycles. The van der Waals surface area contributed by atoms with Crippen molar-refractivity contribution in [3.63, 3.8) is 0 Å². The number of carbonyl (C=O) groups excluding carboxylic acids is 1. The molecule has 3 heteroatoms. The summed E-state index contributed by atoms with van der Waals surface area (Å²) in [4.78, 5) is 12.8. The Morgan fingerprint density at radius 2 is 1.56 bits per heavy atom. The summed E-state index contributed by atoms with van der Waals surface area (Å²) in [6.45, 7) is 15.9. The first-order chi connectivity index (χ1) is 12.6. The molecule has 27 heavy (non-hydrogen) atoms. The number of allylic oxidation sites excluding steroid dienone is 1. The van der Waals surface area contributed by atoms with Crippen molar-refractivity contribution in [2.75, 3.05) is 0 Å². The van der Waals surface area contributed by atoms with Gasteiger partial charge >= 0.3 is 0 Å². The molecule has 0 amide bonds. The normalized spacial score (nSPS) is 12.5. The predicted molar refractivity (Wildman–Crippen MR) is 123 cm³/mol. The Labute approximate surface area is 172 Å². The molecule has 0 aromatic heterocycles. The van der Waals surface area contributed by atoms with Gasteiger partial charge in [0.05, 0.1) is 5.57 Å². The van der Waals surface area contributed by atoms with Crippen molar-refractivity contribution in [1.29, 1.82) is 0 Å².